The van der Waals surface area contributed by atoms with Gasteiger partial charge in [0, 0.05) is 10.0 Å². The lowest BCUT2D eigenvalue weighted by Gasteiger charge is -2.14. The molecule has 1 N–H and O–H groups in total. The maximum Gasteiger partial charge on any atom is 0.0804 e. The van der Waals surface area contributed by atoms with Crippen LogP contribution in [0, 0.1) is 5.92 Å². The third-order valence-corrected chi connectivity index (χ3v) is 2.90. The van der Waals surface area contributed by atoms with Gasteiger partial charge in [-0.3, -0.25) is 0 Å². The molecule has 3 heteroatoms. The first-order chi connectivity index (χ1) is 7.00. The molecule has 1 aromatic carbocycles. The van der Waals surface area contributed by atoms with Crippen molar-refractivity contribution in [3.8, 4) is 0 Å². The molecular weight excluding hydrogens is 231 g/mol. The fraction of sp³-hybridized carbons (Fsp3) is 0.500. The Balaban J connectivity index is 2.69. The fourth-order valence-electron chi connectivity index (χ4n) is 1.42. The van der Waals surface area contributed by atoms with Crippen LogP contribution in [0.15, 0.2) is 18.2 Å². The van der Waals surface area contributed by atoms with Crippen LogP contribution in [0.25, 0.3) is 0 Å². The number of rotatable bonds is 4. The Morgan fingerprint density at radius 1 is 1.20 bits per heavy atom. The van der Waals surface area contributed by atoms with Crippen molar-refractivity contribution >= 4 is 23.2 Å². The van der Waals surface area contributed by atoms with Crippen LogP contribution in [-0.2, 0) is 0 Å². The smallest absolute Gasteiger partial charge is 0.0804 e. The number of benzene rings is 1. The molecule has 0 aliphatic heterocycles. The minimum atomic E-state index is -0.489. The summed E-state index contributed by atoms with van der Waals surface area (Å²) in [5, 5.41) is 11.1. The summed E-state index contributed by atoms with van der Waals surface area (Å²) in [7, 11) is 0. The van der Waals surface area contributed by atoms with Crippen LogP contribution >= 0.6 is 23.2 Å². The van der Waals surface area contributed by atoms with Gasteiger partial charge in [0.1, 0.15) is 0 Å². The summed E-state index contributed by atoms with van der Waals surface area (Å²) in [5.74, 6) is 0.589. The number of halogens is 2. The minimum Gasteiger partial charge on any atom is -0.388 e. The van der Waals surface area contributed by atoms with E-state index in [1.54, 1.807) is 18.2 Å². The molecule has 0 saturated heterocycles. The van der Waals surface area contributed by atoms with Gasteiger partial charge in [-0.1, -0.05) is 43.1 Å². The summed E-state index contributed by atoms with van der Waals surface area (Å²) >= 11 is 11.8. The predicted molar refractivity (Wildman–Crippen MR) is 65.5 cm³/mol. The van der Waals surface area contributed by atoms with Crippen LogP contribution < -0.4 is 0 Å². The lowest BCUT2D eigenvalue weighted by molar-refractivity contribution is 0.159. The van der Waals surface area contributed by atoms with E-state index < -0.39 is 6.10 Å². The van der Waals surface area contributed by atoms with Gasteiger partial charge in [0.15, 0.2) is 0 Å². The molecule has 15 heavy (non-hydrogen) atoms. The Morgan fingerprint density at radius 3 is 2.40 bits per heavy atom. The molecule has 0 amide bonds. The molecule has 0 bridgehead atoms. The van der Waals surface area contributed by atoms with E-state index in [0.29, 0.717) is 16.0 Å². The summed E-state index contributed by atoms with van der Waals surface area (Å²) < 4.78 is 0. The third-order valence-electron chi connectivity index (χ3n) is 2.34. The first-order valence-corrected chi connectivity index (χ1v) is 5.89. The molecule has 0 aromatic heterocycles. The third kappa shape index (κ3) is 4.02. The molecular formula is C12H16Cl2O. The van der Waals surface area contributed by atoms with Crippen LogP contribution in [-0.4, -0.2) is 5.11 Å². The standard InChI is InChI=1S/C12H16Cl2O/c1-8(2)3-6-12(15)10-5-4-9(13)7-11(10)14/h4-5,7-8,12,15H,3,6H2,1-2H3. The normalized spacial score (nSPS) is 13.2. The summed E-state index contributed by atoms with van der Waals surface area (Å²) in [4.78, 5) is 0. The molecule has 0 heterocycles. The highest BCUT2D eigenvalue weighted by atomic mass is 35.5. The summed E-state index contributed by atoms with van der Waals surface area (Å²) in [5.41, 5.74) is 0.765. The summed E-state index contributed by atoms with van der Waals surface area (Å²) in [6.45, 7) is 4.27. The summed E-state index contributed by atoms with van der Waals surface area (Å²) in [6, 6.07) is 5.20. The highest BCUT2D eigenvalue weighted by Crippen LogP contribution is 2.29. The second-order valence-electron chi connectivity index (χ2n) is 4.15. The molecule has 1 nitrogen and oxygen atoms in total. The monoisotopic (exact) mass is 246 g/mol. The molecule has 84 valence electrons. The molecule has 0 saturated carbocycles. The average molecular weight is 247 g/mol. The minimum absolute atomic E-state index is 0.489. The first kappa shape index (κ1) is 12.8. The van der Waals surface area contributed by atoms with Crippen molar-refractivity contribution in [2.75, 3.05) is 0 Å². The molecule has 0 aliphatic rings. The van der Waals surface area contributed by atoms with Gasteiger partial charge in [0.2, 0.25) is 0 Å². The quantitative estimate of drug-likeness (QED) is 0.832. The van der Waals surface area contributed by atoms with Crippen LogP contribution in [0.3, 0.4) is 0 Å². The van der Waals surface area contributed by atoms with Crippen molar-refractivity contribution in [2.45, 2.75) is 32.8 Å². The number of hydrogen-bond donors (Lipinski definition) is 1. The molecule has 0 aliphatic carbocycles. The van der Waals surface area contributed by atoms with Gasteiger partial charge in [0.25, 0.3) is 0 Å². The van der Waals surface area contributed by atoms with Gasteiger partial charge in [-0.2, -0.15) is 0 Å². The number of aliphatic hydroxyl groups is 1. The largest absolute Gasteiger partial charge is 0.388 e. The molecule has 1 atom stereocenters. The van der Waals surface area contributed by atoms with Gasteiger partial charge >= 0.3 is 0 Å². The zero-order valence-corrected chi connectivity index (χ0v) is 10.5. The van der Waals surface area contributed by atoms with E-state index in [4.69, 9.17) is 23.2 Å². The molecule has 1 rings (SSSR count). The molecule has 0 radical (unpaired) electrons. The van der Waals surface area contributed by atoms with Crippen LogP contribution in [0.2, 0.25) is 10.0 Å². The van der Waals surface area contributed by atoms with Crippen LogP contribution in [0.1, 0.15) is 38.4 Å². The lowest BCUT2D eigenvalue weighted by atomic mass is 10.00. The van der Waals surface area contributed by atoms with Gasteiger partial charge in [-0.15, -0.1) is 0 Å². The number of aliphatic hydroxyl groups excluding tert-OH is 1. The van der Waals surface area contributed by atoms with E-state index in [9.17, 15) is 5.11 Å². The summed E-state index contributed by atoms with van der Waals surface area (Å²) in [6.07, 6.45) is 1.23. The Morgan fingerprint density at radius 2 is 1.87 bits per heavy atom. The number of hydrogen-bond acceptors (Lipinski definition) is 1. The van der Waals surface area contributed by atoms with Crippen molar-refractivity contribution in [1.29, 1.82) is 0 Å². The van der Waals surface area contributed by atoms with Crippen molar-refractivity contribution < 1.29 is 5.11 Å². The van der Waals surface area contributed by atoms with Crippen molar-refractivity contribution in [1.82, 2.24) is 0 Å². The Kier molecular flexibility index (Phi) is 4.91. The first-order valence-electron chi connectivity index (χ1n) is 5.13. The Labute approximate surface area is 101 Å². The van der Waals surface area contributed by atoms with E-state index >= 15 is 0 Å². The van der Waals surface area contributed by atoms with Gasteiger partial charge in [-0.25, -0.2) is 0 Å². The molecule has 0 fully saturated rings. The second kappa shape index (κ2) is 5.74. The maximum absolute atomic E-state index is 9.91. The highest BCUT2D eigenvalue weighted by Gasteiger charge is 2.12. The van der Waals surface area contributed by atoms with E-state index in [2.05, 4.69) is 13.8 Å². The van der Waals surface area contributed by atoms with Gasteiger partial charge in [0.05, 0.1) is 6.10 Å². The molecule has 1 unspecified atom stereocenters. The zero-order valence-electron chi connectivity index (χ0n) is 9.00. The van der Waals surface area contributed by atoms with Crippen molar-refractivity contribution in [2.24, 2.45) is 5.92 Å². The Bertz CT molecular complexity index is 323. The van der Waals surface area contributed by atoms with Gasteiger partial charge < -0.3 is 5.11 Å². The zero-order chi connectivity index (χ0) is 11.4. The topological polar surface area (TPSA) is 20.2 Å². The van der Waals surface area contributed by atoms with E-state index in [1.807, 2.05) is 0 Å². The molecule has 0 spiro atoms. The van der Waals surface area contributed by atoms with Crippen molar-refractivity contribution in [3.05, 3.63) is 33.8 Å². The van der Waals surface area contributed by atoms with E-state index in [0.717, 1.165) is 18.4 Å². The molecule has 1 aromatic rings. The van der Waals surface area contributed by atoms with Gasteiger partial charge in [-0.05, 0) is 36.5 Å². The second-order valence-corrected chi connectivity index (χ2v) is 5.00. The Hall–Kier alpha value is -0.240. The lowest BCUT2D eigenvalue weighted by Crippen LogP contribution is -2.00. The van der Waals surface area contributed by atoms with Crippen LogP contribution in [0.4, 0.5) is 0 Å². The van der Waals surface area contributed by atoms with Crippen LogP contribution in [0.5, 0.6) is 0 Å². The fourth-order valence-corrected chi connectivity index (χ4v) is 1.95. The van der Waals surface area contributed by atoms with Crippen molar-refractivity contribution in [3.63, 3.8) is 0 Å². The SMILES string of the molecule is CC(C)CCC(O)c1ccc(Cl)cc1Cl. The maximum atomic E-state index is 9.91. The predicted octanol–water partition coefficient (Wildman–Crippen LogP) is 4.46. The average Bonchev–Trinajstić information content (AvgIpc) is 2.14. The van der Waals surface area contributed by atoms with E-state index in [-0.39, 0.29) is 0 Å². The van der Waals surface area contributed by atoms with E-state index in [1.165, 1.54) is 0 Å². The highest BCUT2D eigenvalue weighted by molar-refractivity contribution is 6.35.